The molecule has 0 bridgehead atoms. The van der Waals surface area contributed by atoms with Crippen LogP contribution in [0.4, 0.5) is 0 Å². The molecular weight excluding hydrogens is 486 g/mol. The van der Waals surface area contributed by atoms with Crippen molar-refractivity contribution in [2.45, 2.75) is 31.7 Å². The van der Waals surface area contributed by atoms with Crippen LogP contribution in [0.5, 0.6) is 0 Å². The molecule has 2 amide bonds. The second-order valence-corrected chi connectivity index (χ2v) is 10.4. The second-order valence-electron chi connectivity index (χ2n) is 10.4. The van der Waals surface area contributed by atoms with Crippen molar-refractivity contribution in [2.24, 2.45) is 5.92 Å². The SMILES string of the molecule is COCCCN(CC(=O)N(CCc1c[nH]c2ccccc12)Cc1ccccc1)C(=O)C1C[C@H]1c1ccccc1. The Morgan fingerprint density at radius 3 is 2.38 bits per heavy atom. The van der Waals surface area contributed by atoms with Gasteiger partial charge in [0.2, 0.25) is 11.8 Å². The van der Waals surface area contributed by atoms with Gasteiger partial charge >= 0.3 is 0 Å². The number of nitrogens with one attached hydrogen (secondary N) is 1. The lowest BCUT2D eigenvalue weighted by molar-refractivity contribution is -0.141. The zero-order valence-corrected chi connectivity index (χ0v) is 22.6. The largest absolute Gasteiger partial charge is 0.385 e. The molecular formula is C33H37N3O3. The van der Waals surface area contributed by atoms with Crippen LogP contribution in [0, 0.1) is 5.92 Å². The first-order valence-corrected chi connectivity index (χ1v) is 13.8. The topological polar surface area (TPSA) is 65.6 Å². The predicted octanol–water partition coefficient (Wildman–Crippen LogP) is 5.41. The molecule has 6 heteroatoms. The molecule has 39 heavy (non-hydrogen) atoms. The number of carbonyl (C=O) groups is 2. The van der Waals surface area contributed by atoms with Crippen molar-refractivity contribution in [2.75, 3.05) is 33.4 Å². The average molecular weight is 524 g/mol. The molecule has 2 atom stereocenters. The van der Waals surface area contributed by atoms with Crippen LogP contribution in [0.3, 0.4) is 0 Å². The van der Waals surface area contributed by atoms with E-state index in [0.717, 1.165) is 23.9 Å². The third-order valence-corrected chi connectivity index (χ3v) is 7.64. The third-order valence-electron chi connectivity index (χ3n) is 7.64. The minimum Gasteiger partial charge on any atom is -0.385 e. The highest BCUT2D eigenvalue weighted by molar-refractivity contribution is 5.88. The van der Waals surface area contributed by atoms with E-state index in [9.17, 15) is 9.59 Å². The van der Waals surface area contributed by atoms with Crippen LogP contribution in [0.15, 0.2) is 91.1 Å². The van der Waals surface area contributed by atoms with Gasteiger partial charge in [-0.2, -0.15) is 0 Å². The van der Waals surface area contributed by atoms with Crippen molar-refractivity contribution >= 4 is 22.7 Å². The van der Waals surface area contributed by atoms with Crippen molar-refractivity contribution in [3.8, 4) is 0 Å². The highest BCUT2D eigenvalue weighted by Crippen LogP contribution is 2.48. The molecule has 1 aliphatic carbocycles. The molecule has 6 nitrogen and oxygen atoms in total. The number of fused-ring (bicyclic) bond motifs is 1. The Hall–Kier alpha value is -3.90. The molecule has 1 aliphatic rings. The number of nitrogens with zero attached hydrogens (tertiary/aromatic N) is 2. The molecule has 5 rings (SSSR count). The molecule has 0 saturated heterocycles. The Kier molecular flexibility index (Phi) is 8.74. The monoisotopic (exact) mass is 523 g/mol. The fraction of sp³-hybridized carbons (Fsp3) is 0.333. The first kappa shape index (κ1) is 26.7. The Labute approximate surface area is 230 Å². The quantitative estimate of drug-likeness (QED) is 0.238. The molecule has 4 aromatic rings. The first-order valence-electron chi connectivity index (χ1n) is 13.8. The molecule has 3 aromatic carbocycles. The molecule has 1 N–H and O–H groups in total. The van der Waals surface area contributed by atoms with Crippen molar-refractivity contribution in [3.63, 3.8) is 0 Å². The lowest BCUT2D eigenvalue weighted by atomic mass is 10.1. The molecule has 1 saturated carbocycles. The summed E-state index contributed by atoms with van der Waals surface area (Å²) in [5.41, 5.74) is 4.56. The lowest BCUT2D eigenvalue weighted by Crippen LogP contribution is -2.44. The summed E-state index contributed by atoms with van der Waals surface area (Å²) in [6.45, 7) is 2.24. The summed E-state index contributed by atoms with van der Waals surface area (Å²) in [5, 5.41) is 1.18. The smallest absolute Gasteiger partial charge is 0.242 e. The van der Waals surface area contributed by atoms with E-state index in [1.165, 1.54) is 16.5 Å². The maximum atomic E-state index is 13.8. The van der Waals surface area contributed by atoms with Gasteiger partial charge in [-0.15, -0.1) is 0 Å². The molecule has 202 valence electrons. The summed E-state index contributed by atoms with van der Waals surface area (Å²) in [7, 11) is 1.66. The Bertz CT molecular complexity index is 1370. The maximum Gasteiger partial charge on any atom is 0.242 e. The van der Waals surface area contributed by atoms with E-state index < -0.39 is 0 Å². The predicted molar refractivity (Wildman–Crippen MR) is 154 cm³/mol. The molecule has 1 heterocycles. The van der Waals surface area contributed by atoms with Crippen LogP contribution >= 0.6 is 0 Å². The molecule has 0 spiro atoms. The van der Waals surface area contributed by atoms with Crippen LogP contribution in [0.1, 0.15) is 35.4 Å². The highest BCUT2D eigenvalue weighted by Gasteiger charge is 2.46. The summed E-state index contributed by atoms with van der Waals surface area (Å²) in [5.74, 6) is 0.225. The zero-order chi connectivity index (χ0) is 27.0. The van der Waals surface area contributed by atoms with Crippen molar-refractivity contribution < 1.29 is 14.3 Å². The van der Waals surface area contributed by atoms with Gasteiger partial charge in [0.15, 0.2) is 0 Å². The average Bonchev–Trinajstić information content (AvgIpc) is 3.68. The summed E-state index contributed by atoms with van der Waals surface area (Å²) < 4.78 is 5.25. The van der Waals surface area contributed by atoms with Crippen molar-refractivity contribution in [1.82, 2.24) is 14.8 Å². The van der Waals surface area contributed by atoms with E-state index in [0.29, 0.717) is 32.7 Å². The van der Waals surface area contributed by atoms with Gasteiger partial charge in [-0.1, -0.05) is 78.9 Å². The number of benzene rings is 3. The Morgan fingerprint density at radius 2 is 1.62 bits per heavy atom. The number of carbonyl (C=O) groups excluding carboxylic acids is 2. The second kappa shape index (κ2) is 12.8. The van der Waals surface area contributed by atoms with Gasteiger partial charge in [-0.25, -0.2) is 0 Å². The Balaban J connectivity index is 1.30. The number of amides is 2. The van der Waals surface area contributed by atoms with Gasteiger partial charge < -0.3 is 19.5 Å². The standard InChI is InChI=1S/C33H37N3O3/c1-39-20-10-18-36(33(38)30-21-29(30)26-13-6-3-7-14-26)24-32(37)35(23-25-11-4-2-5-12-25)19-17-27-22-34-31-16-9-8-15-28(27)31/h2-9,11-16,22,29-30,34H,10,17-21,23-24H2,1H3/t29-,30?/m0/s1. The van der Waals surface area contributed by atoms with E-state index in [1.807, 2.05) is 71.8 Å². The van der Waals surface area contributed by atoms with E-state index in [4.69, 9.17) is 4.74 Å². The number of H-pyrrole nitrogens is 1. The van der Waals surface area contributed by atoms with E-state index in [-0.39, 0.29) is 30.2 Å². The molecule has 1 aromatic heterocycles. The van der Waals surface area contributed by atoms with Crippen LogP contribution in [0.25, 0.3) is 10.9 Å². The molecule has 1 fully saturated rings. The molecule has 0 radical (unpaired) electrons. The van der Waals surface area contributed by atoms with E-state index in [1.54, 1.807) is 12.0 Å². The van der Waals surface area contributed by atoms with Gasteiger partial charge in [0.1, 0.15) is 0 Å². The normalized spacial score (nSPS) is 16.2. The van der Waals surface area contributed by atoms with Crippen molar-refractivity contribution in [3.05, 3.63) is 108 Å². The number of methoxy groups -OCH3 is 1. The van der Waals surface area contributed by atoms with Crippen LogP contribution in [-0.2, 0) is 27.3 Å². The zero-order valence-electron chi connectivity index (χ0n) is 22.6. The number of aromatic nitrogens is 1. The lowest BCUT2D eigenvalue weighted by Gasteiger charge is -2.28. The van der Waals surface area contributed by atoms with Gasteiger partial charge in [-0.05, 0) is 47.9 Å². The summed E-state index contributed by atoms with van der Waals surface area (Å²) in [6, 6.07) is 28.5. The van der Waals surface area contributed by atoms with E-state index in [2.05, 4.69) is 29.2 Å². The minimum atomic E-state index is -0.0588. The summed E-state index contributed by atoms with van der Waals surface area (Å²) in [6.07, 6.45) is 4.31. The number of ether oxygens (including phenoxy) is 1. The van der Waals surface area contributed by atoms with Gasteiger partial charge in [0.05, 0.1) is 6.54 Å². The summed E-state index contributed by atoms with van der Waals surface area (Å²) in [4.78, 5) is 34.4. The molecule has 0 aliphatic heterocycles. The number of aromatic amines is 1. The number of hydrogen-bond donors (Lipinski definition) is 1. The van der Waals surface area contributed by atoms with Crippen LogP contribution < -0.4 is 0 Å². The van der Waals surface area contributed by atoms with Gasteiger partial charge in [0.25, 0.3) is 0 Å². The molecule has 1 unspecified atom stereocenters. The first-order chi connectivity index (χ1) is 19.1. The van der Waals surface area contributed by atoms with E-state index >= 15 is 0 Å². The third kappa shape index (κ3) is 6.76. The summed E-state index contributed by atoms with van der Waals surface area (Å²) >= 11 is 0. The van der Waals surface area contributed by atoms with Crippen LogP contribution in [-0.4, -0.2) is 59.9 Å². The fourth-order valence-electron chi connectivity index (χ4n) is 5.39. The number of hydrogen-bond acceptors (Lipinski definition) is 3. The highest BCUT2D eigenvalue weighted by atomic mass is 16.5. The maximum absolute atomic E-state index is 13.8. The fourth-order valence-corrected chi connectivity index (χ4v) is 5.39. The Morgan fingerprint density at radius 1 is 0.897 bits per heavy atom. The van der Waals surface area contributed by atoms with Crippen molar-refractivity contribution in [1.29, 1.82) is 0 Å². The number of rotatable bonds is 13. The minimum absolute atomic E-state index is 0.0265. The van der Waals surface area contributed by atoms with Gasteiger partial charge in [0, 0.05) is 56.4 Å². The van der Waals surface area contributed by atoms with Crippen LogP contribution in [0.2, 0.25) is 0 Å². The van der Waals surface area contributed by atoms with Gasteiger partial charge in [-0.3, -0.25) is 9.59 Å². The number of para-hydroxylation sites is 1.